The summed E-state index contributed by atoms with van der Waals surface area (Å²) in [7, 11) is -0.917. The molecule has 0 amide bonds. The minimum Gasteiger partial charge on any atom is -0.352 e. The van der Waals surface area contributed by atoms with Crippen molar-refractivity contribution in [1.82, 2.24) is 0 Å². The van der Waals surface area contributed by atoms with Crippen molar-refractivity contribution in [2.45, 2.75) is 0 Å². The van der Waals surface area contributed by atoms with Gasteiger partial charge in [-0.2, -0.15) is 19.8 Å². The fourth-order valence-electron chi connectivity index (χ4n) is 0. The van der Waals surface area contributed by atoms with Crippen molar-refractivity contribution in [2.24, 2.45) is 0 Å². The summed E-state index contributed by atoms with van der Waals surface area (Å²) < 4.78 is 0. The molecule has 0 saturated carbocycles. The quantitative estimate of drug-likeness (QED) is 0.442. The maximum Gasteiger partial charge on any atom is 0.149 e. The molecule has 0 bridgehead atoms. The minimum absolute atomic E-state index is 0. The van der Waals surface area contributed by atoms with E-state index >= 15 is 0 Å². The highest BCUT2D eigenvalue weighted by Crippen LogP contribution is 1.81. The normalized spacial score (nSPS) is 3.60. The molecular weight excluding hydrogens is 125 g/mol. The van der Waals surface area contributed by atoms with Gasteiger partial charge in [-0.25, -0.2) is 0 Å². The lowest BCUT2D eigenvalue weighted by Gasteiger charge is -1.54. The van der Waals surface area contributed by atoms with Crippen molar-refractivity contribution < 1.29 is 9.79 Å². The van der Waals surface area contributed by atoms with Crippen LogP contribution in [-0.2, 0) is 0 Å². The van der Waals surface area contributed by atoms with E-state index in [-0.39, 0.29) is 19.8 Å². The second-order valence-electron chi connectivity index (χ2n) is 0.100. The molecule has 0 aromatic carbocycles. The van der Waals surface area contributed by atoms with Crippen LogP contribution in [0.25, 0.3) is 0 Å². The van der Waals surface area contributed by atoms with Crippen LogP contribution in [0.4, 0.5) is 0 Å². The SMILES string of the molecule is OPO.P.P. The van der Waals surface area contributed by atoms with Crippen molar-refractivity contribution in [3.8, 4) is 0 Å². The molecule has 5 heteroatoms. The topological polar surface area (TPSA) is 40.5 Å². The van der Waals surface area contributed by atoms with Crippen LogP contribution in [0.3, 0.4) is 0 Å². The Balaban J connectivity index is -0.0000000200. The summed E-state index contributed by atoms with van der Waals surface area (Å²) in [6.07, 6.45) is 0. The third-order valence-electron chi connectivity index (χ3n) is 0. The van der Waals surface area contributed by atoms with Gasteiger partial charge in [0.2, 0.25) is 0 Å². The molecule has 5 heavy (non-hydrogen) atoms. The van der Waals surface area contributed by atoms with Crippen molar-refractivity contribution in [3.63, 3.8) is 0 Å². The molecule has 0 aliphatic heterocycles. The zero-order valence-electron chi connectivity index (χ0n) is 2.81. The average molecular weight is 134 g/mol. The van der Waals surface area contributed by atoms with Crippen LogP contribution in [0.5, 0.6) is 0 Å². The van der Waals surface area contributed by atoms with E-state index in [1.807, 2.05) is 0 Å². The van der Waals surface area contributed by atoms with Crippen LogP contribution in [0.15, 0.2) is 0 Å². The molecule has 0 rings (SSSR count). The van der Waals surface area contributed by atoms with Crippen LogP contribution in [-0.4, -0.2) is 9.79 Å². The standard InChI is InChI=1S/H3O2P.2H3P/c1-3-2;;/h1-3H;2*1H3. The van der Waals surface area contributed by atoms with Gasteiger partial charge in [-0.1, -0.05) is 0 Å². The number of hydrogen-bond donors (Lipinski definition) is 2. The highest BCUT2D eigenvalue weighted by molar-refractivity contribution is 7.23. The fraction of sp³-hybridized carbons (Fsp3) is 0. The Morgan fingerprint density at radius 1 is 1.00 bits per heavy atom. The summed E-state index contributed by atoms with van der Waals surface area (Å²) in [5.74, 6) is 0. The van der Waals surface area contributed by atoms with E-state index in [0.717, 1.165) is 0 Å². The molecule has 0 saturated heterocycles. The van der Waals surface area contributed by atoms with Crippen LogP contribution < -0.4 is 0 Å². The molecule has 0 aromatic heterocycles. The van der Waals surface area contributed by atoms with Gasteiger partial charge >= 0.3 is 0 Å². The maximum atomic E-state index is 7.15. The smallest absolute Gasteiger partial charge is 0.149 e. The largest absolute Gasteiger partial charge is 0.352 e. The molecule has 0 radical (unpaired) electrons. The fourth-order valence-corrected chi connectivity index (χ4v) is 0. The van der Waals surface area contributed by atoms with E-state index in [9.17, 15) is 0 Å². The Morgan fingerprint density at radius 2 is 1.00 bits per heavy atom. The number of hydrogen-bond acceptors (Lipinski definition) is 2. The van der Waals surface area contributed by atoms with Crippen molar-refractivity contribution >= 4 is 28.8 Å². The maximum absolute atomic E-state index is 7.15. The van der Waals surface area contributed by atoms with Gasteiger partial charge in [0.15, 0.2) is 0 Å². The summed E-state index contributed by atoms with van der Waals surface area (Å²) in [6, 6.07) is 0. The second kappa shape index (κ2) is 18.9. The summed E-state index contributed by atoms with van der Waals surface area (Å²) in [5.41, 5.74) is 0. The molecule has 0 heterocycles. The first-order valence-corrected chi connectivity index (χ1v) is 1.34. The lowest BCUT2D eigenvalue weighted by atomic mass is 15.9. The van der Waals surface area contributed by atoms with Crippen molar-refractivity contribution in [2.75, 3.05) is 0 Å². The Bertz CT molecular complexity index is 4.85. The highest BCUT2D eigenvalue weighted by atomic mass is 31.1. The lowest BCUT2D eigenvalue weighted by molar-refractivity contribution is 0.513. The van der Waals surface area contributed by atoms with Crippen molar-refractivity contribution in [3.05, 3.63) is 0 Å². The van der Waals surface area contributed by atoms with E-state index in [2.05, 4.69) is 0 Å². The summed E-state index contributed by atoms with van der Waals surface area (Å²) in [5, 5.41) is 0. The van der Waals surface area contributed by atoms with Crippen LogP contribution >= 0.6 is 28.8 Å². The van der Waals surface area contributed by atoms with Crippen LogP contribution in [0.1, 0.15) is 0 Å². The first kappa shape index (κ1) is 16.4. The third kappa shape index (κ3) is 36.7. The molecule has 0 aliphatic carbocycles. The van der Waals surface area contributed by atoms with Gasteiger partial charge in [0.05, 0.1) is 0 Å². The zero-order valence-corrected chi connectivity index (χ0v) is 6.64. The van der Waals surface area contributed by atoms with E-state index in [1.165, 1.54) is 0 Å². The Morgan fingerprint density at radius 3 is 1.00 bits per heavy atom. The lowest BCUT2D eigenvalue weighted by Crippen LogP contribution is -1.24. The van der Waals surface area contributed by atoms with Gasteiger partial charge < -0.3 is 9.79 Å². The van der Waals surface area contributed by atoms with Gasteiger partial charge in [0, 0.05) is 0 Å². The average Bonchev–Trinajstić information content (AvgIpc) is 0.918. The minimum atomic E-state index is -0.917. The second-order valence-corrected chi connectivity index (χ2v) is 0.300. The molecule has 2 unspecified atom stereocenters. The van der Waals surface area contributed by atoms with Gasteiger partial charge in [-0.3, -0.25) is 0 Å². The van der Waals surface area contributed by atoms with E-state index in [4.69, 9.17) is 9.79 Å². The molecule has 0 aromatic rings. The van der Waals surface area contributed by atoms with Crippen LogP contribution in [0, 0.1) is 0 Å². The summed E-state index contributed by atoms with van der Waals surface area (Å²) in [6.45, 7) is 0. The van der Waals surface area contributed by atoms with Gasteiger partial charge in [0.1, 0.15) is 9.03 Å². The zero-order chi connectivity index (χ0) is 2.71. The Kier molecular flexibility index (Phi) is 61.9. The van der Waals surface area contributed by atoms with E-state index < -0.39 is 9.03 Å². The predicted octanol–water partition coefficient (Wildman–Crippen LogP) is -0.404. The molecule has 0 fully saturated rings. The van der Waals surface area contributed by atoms with Crippen LogP contribution in [0.2, 0.25) is 0 Å². The van der Waals surface area contributed by atoms with Gasteiger partial charge in [-0.05, 0) is 0 Å². The summed E-state index contributed by atoms with van der Waals surface area (Å²) >= 11 is 0. The molecular formula is H9O2P3. The molecule has 0 aliphatic rings. The number of rotatable bonds is 0. The molecule has 2 N–H and O–H groups in total. The third-order valence-corrected chi connectivity index (χ3v) is 0. The van der Waals surface area contributed by atoms with Crippen molar-refractivity contribution in [1.29, 1.82) is 0 Å². The first-order valence-electron chi connectivity index (χ1n) is 0.447. The summed E-state index contributed by atoms with van der Waals surface area (Å²) in [4.78, 5) is 14.3. The molecule has 36 valence electrons. The molecule has 2 nitrogen and oxygen atoms in total. The van der Waals surface area contributed by atoms with Gasteiger partial charge in [0.25, 0.3) is 0 Å². The Labute approximate surface area is 39.6 Å². The monoisotopic (exact) mass is 134 g/mol. The Hall–Kier alpha value is 1.21. The van der Waals surface area contributed by atoms with E-state index in [0.29, 0.717) is 0 Å². The predicted molar refractivity (Wildman–Crippen MR) is 35.0 cm³/mol. The van der Waals surface area contributed by atoms with Gasteiger partial charge in [-0.15, -0.1) is 0 Å². The first-order chi connectivity index (χ1) is 1.41. The van der Waals surface area contributed by atoms with E-state index in [1.54, 1.807) is 0 Å². The molecule has 0 spiro atoms. The molecule has 2 atom stereocenters. The highest BCUT2D eigenvalue weighted by Gasteiger charge is 1.34.